The van der Waals surface area contributed by atoms with Crippen LogP contribution >= 0.6 is 0 Å². The normalized spacial score (nSPS) is 12.0. The van der Waals surface area contributed by atoms with Crippen LogP contribution in [-0.2, 0) is 9.53 Å². The molecule has 0 bridgehead atoms. The lowest BCUT2D eigenvalue weighted by molar-refractivity contribution is -0.145. The van der Waals surface area contributed by atoms with Gasteiger partial charge in [0.1, 0.15) is 17.9 Å². The van der Waals surface area contributed by atoms with Gasteiger partial charge in [0.15, 0.2) is 0 Å². The molecule has 1 atom stereocenters. The van der Waals surface area contributed by atoms with E-state index in [1.54, 1.807) is 13.0 Å². The third-order valence-corrected chi connectivity index (χ3v) is 2.80. The van der Waals surface area contributed by atoms with Gasteiger partial charge in [-0.25, -0.2) is 9.97 Å². The standard InChI is InChI=1S/C13H16N4O4/c1-4-8(13(18)20-5-2)12-16-11(17-21-12)9-6-10(19-3)15-7-14-9/h6-8H,4-5H2,1-3H3. The first-order valence-electron chi connectivity index (χ1n) is 6.56. The highest BCUT2D eigenvalue weighted by Crippen LogP contribution is 2.23. The summed E-state index contributed by atoms with van der Waals surface area (Å²) in [5.41, 5.74) is 0.454. The van der Waals surface area contributed by atoms with E-state index in [9.17, 15) is 4.79 Å². The molecule has 0 aliphatic heterocycles. The van der Waals surface area contributed by atoms with Gasteiger partial charge in [0.2, 0.25) is 17.6 Å². The Balaban J connectivity index is 2.25. The molecule has 0 saturated heterocycles. The fraction of sp³-hybridized carbons (Fsp3) is 0.462. The van der Waals surface area contributed by atoms with Gasteiger partial charge in [-0.3, -0.25) is 4.79 Å². The quantitative estimate of drug-likeness (QED) is 0.740. The Labute approximate surface area is 121 Å². The molecule has 2 rings (SSSR count). The molecule has 0 aromatic carbocycles. The van der Waals surface area contributed by atoms with E-state index in [0.717, 1.165) is 0 Å². The topological polar surface area (TPSA) is 100 Å². The smallest absolute Gasteiger partial charge is 0.318 e. The highest BCUT2D eigenvalue weighted by atomic mass is 16.5. The van der Waals surface area contributed by atoms with Gasteiger partial charge < -0.3 is 14.0 Å². The number of hydrogen-bond donors (Lipinski definition) is 0. The van der Waals surface area contributed by atoms with Crippen molar-refractivity contribution in [3.8, 4) is 17.4 Å². The van der Waals surface area contributed by atoms with E-state index in [-0.39, 0.29) is 17.7 Å². The number of nitrogens with zero attached hydrogens (tertiary/aromatic N) is 4. The van der Waals surface area contributed by atoms with E-state index >= 15 is 0 Å². The van der Waals surface area contributed by atoms with Crippen molar-refractivity contribution in [1.82, 2.24) is 20.1 Å². The van der Waals surface area contributed by atoms with Crippen LogP contribution in [-0.4, -0.2) is 39.8 Å². The Morgan fingerprint density at radius 1 is 1.38 bits per heavy atom. The Kier molecular flexibility index (Phi) is 4.81. The molecule has 0 spiro atoms. The van der Waals surface area contributed by atoms with Crippen molar-refractivity contribution < 1.29 is 18.8 Å². The fourth-order valence-corrected chi connectivity index (χ4v) is 1.74. The lowest BCUT2D eigenvalue weighted by Gasteiger charge is -2.08. The van der Waals surface area contributed by atoms with Gasteiger partial charge in [0.25, 0.3) is 0 Å². The summed E-state index contributed by atoms with van der Waals surface area (Å²) in [7, 11) is 1.50. The van der Waals surface area contributed by atoms with Crippen LogP contribution in [0.25, 0.3) is 11.5 Å². The maximum absolute atomic E-state index is 11.8. The lowest BCUT2D eigenvalue weighted by Crippen LogP contribution is -2.15. The Hall–Kier alpha value is -2.51. The minimum absolute atomic E-state index is 0.212. The summed E-state index contributed by atoms with van der Waals surface area (Å²) in [5.74, 6) is -0.0776. The maximum atomic E-state index is 11.8. The molecule has 0 N–H and O–H groups in total. The van der Waals surface area contributed by atoms with Crippen LogP contribution in [0.3, 0.4) is 0 Å². The number of aromatic nitrogens is 4. The second kappa shape index (κ2) is 6.78. The molecule has 21 heavy (non-hydrogen) atoms. The third kappa shape index (κ3) is 3.33. The molecule has 0 radical (unpaired) electrons. The summed E-state index contributed by atoms with van der Waals surface area (Å²) in [5, 5.41) is 3.83. The SMILES string of the molecule is CCOC(=O)C(CC)c1nc(-c2cc(OC)ncn2)no1. The molecule has 0 saturated carbocycles. The predicted octanol–water partition coefficient (Wildman–Crippen LogP) is 1.59. The minimum atomic E-state index is -0.574. The van der Waals surface area contributed by atoms with Crippen molar-refractivity contribution >= 4 is 5.97 Å². The summed E-state index contributed by atoms with van der Waals surface area (Å²) in [6.07, 6.45) is 1.85. The van der Waals surface area contributed by atoms with Crippen LogP contribution in [0.15, 0.2) is 16.9 Å². The van der Waals surface area contributed by atoms with Crippen molar-refractivity contribution in [2.24, 2.45) is 0 Å². The molecule has 0 fully saturated rings. The van der Waals surface area contributed by atoms with Gasteiger partial charge >= 0.3 is 5.97 Å². The van der Waals surface area contributed by atoms with Crippen molar-refractivity contribution in [1.29, 1.82) is 0 Å². The number of carbonyl (C=O) groups is 1. The average molecular weight is 292 g/mol. The molecule has 8 heteroatoms. The van der Waals surface area contributed by atoms with E-state index in [0.29, 0.717) is 24.6 Å². The van der Waals surface area contributed by atoms with Crippen LogP contribution in [0.5, 0.6) is 5.88 Å². The zero-order valence-corrected chi connectivity index (χ0v) is 12.1. The van der Waals surface area contributed by atoms with Crippen LogP contribution in [0.4, 0.5) is 0 Å². The summed E-state index contributed by atoms with van der Waals surface area (Å²) in [6, 6.07) is 1.58. The molecule has 1 unspecified atom stereocenters. The summed E-state index contributed by atoms with van der Waals surface area (Å²) in [6.45, 7) is 3.90. The van der Waals surface area contributed by atoms with E-state index in [1.807, 2.05) is 6.92 Å². The molecule has 0 aliphatic rings. The minimum Gasteiger partial charge on any atom is -0.481 e. The monoisotopic (exact) mass is 292 g/mol. The van der Waals surface area contributed by atoms with Gasteiger partial charge in [0.05, 0.1) is 13.7 Å². The first kappa shape index (κ1) is 14.9. The van der Waals surface area contributed by atoms with Gasteiger partial charge in [-0.2, -0.15) is 4.98 Å². The highest BCUT2D eigenvalue weighted by Gasteiger charge is 2.26. The third-order valence-electron chi connectivity index (χ3n) is 2.80. The zero-order valence-electron chi connectivity index (χ0n) is 12.1. The second-order valence-corrected chi connectivity index (χ2v) is 4.11. The molecule has 8 nitrogen and oxygen atoms in total. The number of ether oxygens (including phenoxy) is 2. The van der Waals surface area contributed by atoms with Gasteiger partial charge in [-0.1, -0.05) is 12.1 Å². The van der Waals surface area contributed by atoms with Crippen molar-refractivity contribution in [2.45, 2.75) is 26.2 Å². The molecule has 0 aliphatic carbocycles. The number of hydrogen-bond acceptors (Lipinski definition) is 8. The molecular weight excluding hydrogens is 276 g/mol. The van der Waals surface area contributed by atoms with E-state index in [1.165, 1.54) is 13.4 Å². The average Bonchev–Trinajstić information content (AvgIpc) is 2.98. The molecule has 2 heterocycles. The summed E-state index contributed by atoms with van der Waals surface area (Å²) >= 11 is 0. The molecular formula is C13H16N4O4. The fourth-order valence-electron chi connectivity index (χ4n) is 1.74. The first-order valence-corrected chi connectivity index (χ1v) is 6.56. The van der Waals surface area contributed by atoms with Crippen LogP contribution in [0.1, 0.15) is 32.1 Å². The van der Waals surface area contributed by atoms with Gasteiger partial charge in [-0.15, -0.1) is 0 Å². The maximum Gasteiger partial charge on any atom is 0.318 e. The number of methoxy groups -OCH3 is 1. The molecule has 2 aromatic rings. The van der Waals surface area contributed by atoms with Crippen LogP contribution in [0, 0.1) is 0 Å². The predicted molar refractivity (Wildman–Crippen MR) is 71.5 cm³/mol. The molecule has 0 amide bonds. The first-order chi connectivity index (χ1) is 10.2. The number of rotatable bonds is 6. The van der Waals surface area contributed by atoms with E-state index in [2.05, 4.69) is 20.1 Å². The Morgan fingerprint density at radius 3 is 2.86 bits per heavy atom. The van der Waals surface area contributed by atoms with Crippen LogP contribution < -0.4 is 4.74 Å². The van der Waals surface area contributed by atoms with Gasteiger partial charge in [-0.05, 0) is 13.3 Å². The largest absolute Gasteiger partial charge is 0.481 e. The summed E-state index contributed by atoms with van der Waals surface area (Å²) < 4.78 is 15.1. The van der Waals surface area contributed by atoms with E-state index in [4.69, 9.17) is 14.0 Å². The highest BCUT2D eigenvalue weighted by molar-refractivity contribution is 5.76. The van der Waals surface area contributed by atoms with Crippen molar-refractivity contribution in [3.63, 3.8) is 0 Å². The van der Waals surface area contributed by atoms with Crippen molar-refractivity contribution in [3.05, 3.63) is 18.3 Å². The number of esters is 1. The van der Waals surface area contributed by atoms with Gasteiger partial charge in [0, 0.05) is 6.07 Å². The number of carbonyl (C=O) groups excluding carboxylic acids is 1. The van der Waals surface area contributed by atoms with E-state index < -0.39 is 5.92 Å². The molecule has 2 aromatic heterocycles. The zero-order chi connectivity index (χ0) is 15.2. The Morgan fingerprint density at radius 2 is 2.19 bits per heavy atom. The Bertz CT molecular complexity index is 614. The van der Waals surface area contributed by atoms with Crippen molar-refractivity contribution in [2.75, 3.05) is 13.7 Å². The second-order valence-electron chi connectivity index (χ2n) is 4.11. The van der Waals surface area contributed by atoms with Crippen LogP contribution in [0.2, 0.25) is 0 Å². The lowest BCUT2D eigenvalue weighted by atomic mass is 10.1. The molecule has 112 valence electrons. The summed E-state index contributed by atoms with van der Waals surface area (Å²) in [4.78, 5) is 24.0.